The van der Waals surface area contributed by atoms with E-state index in [0.29, 0.717) is 12.8 Å². The highest BCUT2D eigenvalue weighted by Gasteiger charge is 2.28. The number of hydrogen-bond donors (Lipinski definition) is 3. The maximum atomic E-state index is 12.6. The molecule has 0 rings (SSSR count). The van der Waals surface area contributed by atoms with Crippen molar-refractivity contribution in [1.29, 1.82) is 0 Å². The van der Waals surface area contributed by atoms with Crippen LogP contribution in [0.25, 0.3) is 0 Å². The number of esters is 2. The van der Waals surface area contributed by atoms with Gasteiger partial charge < -0.3 is 25.2 Å². The summed E-state index contributed by atoms with van der Waals surface area (Å²) < 4.78 is 32.6. The average molecular weight is 758 g/mol. The first-order chi connectivity index (χ1) is 25.1. The van der Waals surface area contributed by atoms with Gasteiger partial charge in [0.1, 0.15) is 12.6 Å². The number of ether oxygens (including phenoxy) is 2. The summed E-state index contributed by atoms with van der Waals surface area (Å²) >= 11 is 0. The highest BCUT2D eigenvalue weighted by atomic mass is 31.2. The lowest BCUT2D eigenvalue weighted by atomic mass is 10.0. The first-order valence-electron chi connectivity index (χ1n) is 20.0. The fourth-order valence-electron chi connectivity index (χ4n) is 5.25. The van der Waals surface area contributed by atoms with Crippen molar-refractivity contribution in [2.24, 2.45) is 5.73 Å². The minimum absolute atomic E-state index is 0.143. The van der Waals surface area contributed by atoms with Crippen LogP contribution in [-0.2, 0) is 37.5 Å². The Labute approximate surface area is 314 Å². The average Bonchev–Trinajstić information content (AvgIpc) is 3.12. The highest BCUT2D eigenvalue weighted by molar-refractivity contribution is 7.47. The quantitative estimate of drug-likeness (QED) is 0.0238. The van der Waals surface area contributed by atoms with Crippen LogP contribution < -0.4 is 5.73 Å². The van der Waals surface area contributed by atoms with E-state index in [1.165, 1.54) is 57.8 Å². The molecule has 0 fully saturated rings. The Hall–Kier alpha value is -2.30. The molecule has 0 aliphatic rings. The number of allylic oxidation sites excluding steroid dienone is 6. The topological polar surface area (TPSA) is 172 Å². The summed E-state index contributed by atoms with van der Waals surface area (Å²) in [7, 11) is -4.71. The summed E-state index contributed by atoms with van der Waals surface area (Å²) in [5.41, 5.74) is 5.32. The van der Waals surface area contributed by atoms with E-state index in [1.807, 2.05) is 0 Å². The van der Waals surface area contributed by atoms with Gasteiger partial charge in [0.15, 0.2) is 6.10 Å². The van der Waals surface area contributed by atoms with Crippen LogP contribution in [0.5, 0.6) is 0 Å². The molecule has 302 valence electrons. The maximum absolute atomic E-state index is 12.6. The summed E-state index contributed by atoms with van der Waals surface area (Å²) in [6.45, 7) is 2.66. The lowest BCUT2D eigenvalue weighted by Crippen LogP contribution is -2.34. The smallest absolute Gasteiger partial charge is 0.472 e. The number of nitrogens with two attached hydrogens (primary N) is 1. The molecule has 3 atom stereocenters. The Morgan fingerprint density at radius 3 is 1.62 bits per heavy atom. The van der Waals surface area contributed by atoms with Gasteiger partial charge in [-0.25, -0.2) is 4.57 Å². The number of rotatable bonds is 37. The van der Waals surface area contributed by atoms with E-state index in [2.05, 4.69) is 54.8 Å². The van der Waals surface area contributed by atoms with Gasteiger partial charge in [0.25, 0.3) is 0 Å². The minimum Gasteiger partial charge on any atom is -0.480 e. The number of aliphatic carboxylic acids is 1. The molecule has 0 saturated heterocycles. The van der Waals surface area contributed by atoms with Crippen LogP contribution in [0.1, 0.15) is 168 Å². The predicted octanol–water partition coefficient (Wildman–Crippen LogP) is 10.1. The summed E-state index contributed by atoms with van der Waals surface area (Å²) in [4.78, 5) is 45.8. The van der Waals surface area contributed by atoms with Crippen LogP contribution >= 0.6 is 7.82 Å². The number of carboxylic acids is 1. The number of phosphoric acid groups is 1. The monoisotopic (exact) mass is 757 g/mol. The Bertz CT molecular complexity index is 1030. The predicted molar refractivity (Wildman–Crippen MR) is 208 cm³/mol. The molecular formula is C40H72NO10P. The SMILES string of the molecule is CCC=CCC=CCC=CCCCCCCCC(=O)OC(COC(=O)CCCCCCCCCCCCCCC)COP(=O)(O)OCC(N)C(=O)O. The molecule has 52 heavy (non-hydrogen) atoms. The van der Waals surface area contributed by atoms with E-state index in [4.69, 9.17) is 24.8 Å². The van der Waals surface area contributed by atoms with Crippen LogP contribution in [0.15, 0.2) is 36.5 Å². The molecule has 0 heterocycles. The van der Waals surface area contributed by atoms with Crippen LogP contribution in [0, 0.1) is 0 Å². The van der Waals surface area contributed by atoms with Gasteiger partial charge in [-0.05, 0) is 44.9 Å². The molecule has 0 bridgehead atoms. The van der Waals surface area contributed by atoms with Gasteiger partial charge in [-0.1, -0.05) is 147 Å². The Kier molecular flexibility index (Phi) is 34.1. The van der Waals surface area contributed by atoms with Crippen molar-refractivity contribution < 1.29 is 47.5 Å². The molecule has 11 nitrogen and oxygen atoms in total. The van der Waals surface area contributed by atoms with Gasteiger partial charge in [0, 0.05) is 12.8 Å². The summed E-state index contributed by atoms with van der Waals surface area (Å²) in [5, 5.41) is 8.87. The number of carbonyl (C=O) groups is 3. The number of carbonyl (C=O) groups excluding carboxylic acids is 2. The Morgan fingerprint density at radius 2 is 1.08 bits per heavy atom. The first-order valence-corrected chi connectivity index (χ1v) is 21.5. The van der Waals surface area contributed by atoms with Crippen molar-refractivity contribution in [3.05, 3.63) is 36.5 Å². The molecule has 12 heteroatoms. The van der Waals surface area contributed by atoms with Crippen LogP contribution in [0.2, 0.25) is 0 Å². The Balaban J connectivity index is 4.44. The van der Waals surface area contributed by atoms with E-state index in [-0.39, 0.29) is 19.4 Å². The lowest BCUT2D eigenvalue weighted by molar-refractivity contribution is -0.161. The largest absolute Gasteiger partial charge is 0.480 e. The van der Waals surface area contributed by atoms with Crippen LogP contribution in [-0.4, -0.2) is 59.9 Å². The zero-order valence-corrected chi connectivity index (χ0v) is 33.3. The molecule has 0 amide bonds. The van der Waals surface area contributed by atoms with Crippen molar-refractivity contribution >= 4 is 25.7 Å². The Morgan fingerprint density at radius 1 is 0.615 bits per heavy atom. The van der Waals surface area contributed by atoms with Crippen molar-refractivity contribution in [2.45, 2.75) is 180 Å². The molecule has 0 spiro atoms. The van der Waals surface area contributed by atoms with Gasteiger partial charge in [-0.3, -0.25) is 23.4 Å². The number of unbranched alkanes of at least 4 members (excludes halogenated alkanes) is 17. The molecule has 0 radical (unpaired) electrons. The van der Waals surface area contributed by atoms with Gasteiger partial charge >= 0.3 is 25.7 Å². The number of hydrogen-bond acceptors (Lipinski definition) is 9. The maximum Gasteiger partial charge on any atom is 0.472 e. The first kappa shape index (κ1) is 49.7. The highest BCUT2D eigenvalue weighted by Crippen LogP contribution is 2.43. The zero-order valence-electron chi connectivity index (χ0n) is 32.4. The van der Waals surface area contributed by atoms with Gasteiger partial charge in [0.05, 0.1) is 13.2 Å². The van der Waals surface area contributed by atoms with Crippen molar-refractivity contribution in [1.82, 2.24) is 0 Å². The lowest BCUT2D eigenvalue weighted by Gasteiger charge is -2.20. The van der Waals surface area contributed by atoms with E-state index < -0.39 is 51.1 Å². The molecule has 4 N–H and O–H groups in total. The number of phosphoric ester groups is 1. The van der Waals surface area contributed by atoms with Crippen LogP contribution in [0.4, 0.5) is 0 Å². The fourth-order valence-corrected chi connectivity index (χ4v) is 6.03. The molecule has 0 saturated carbocycles. The normalized spacial score (nSPS) is 14.2. The second-order valence-electron chi connectivity index (χ2n) is 13.4. The number of carboxylic acid groups (broad SMARTS) is 1. The van der Waals surface area contributed by atoms with E-state index in [1.54, 1.807) is 0 Å². The van der Waals surface area contributed by atoms with E-state index in [0.717, 1.165) is 70.6 Å². The second-order valence-corrected chi connectivity index (χ2v) is 14.8. The van der Waals surface area contributed by atoms with Gasteiger partial charge in [-0.2, -0.15) is 0 Å². The van der Waals surface area contributed by atoms with Crippen molar-refractivity contribution in [3.8, 4) is 0 Å². The van der Waals surface area contributed by atoms with Crippen LogP contribution in [0.3, 0.4) is 0 Å². The molecule has 3 unspecified atom stereocenters. The molecule has 0 aliphatic heterocycles. The van der Waals surface area contributed by atoms with E-state index in [9.17, 15) is 23.8 Å². The summed E-state index contributed by atoms with van der Waals surface area (Å²) in [6.07, 6.45) is 36.4. The molecule has 0 aromatic rings. The zero-order chi connectivity index (χ0) is 38.5. The molecule has 0 aromatic carbocycles. The third kappa shape index (κ3) is 34.8. The molecule has 0 aliphatic carbocycles. The fraction of sp³-hybridized carbons (Fsp3) is 0.775. The van der Waals surface area contributed by atoms with E-state index >= 15 is 0 Å². The van der Waals surface area contributed by atoms with Crippen molar-refractivity contribution in [3.63, 3.8) is 0 Å². The van der Waals surface area contributed by atoms with Gasteiger partial charge in [0.2, 0.25) is 0 Å². The summed E-state index contributed by atoms with van der Waals surface area (Å²) in [5.74, 6) is -2.40. The minimum atomic E-state index is -4.71. The van der Waals surface area contributed by atoms with Crippen molar-refractivity contribution in [2.75, 3.05) is 19.8 Å². The molecular weight excluding hydrogens is 685 g/mol. The summed E-state index contributed by atoms with van der Waals surface area (Å²) in [6, 6.07) is -1.52. The second kappa shape index (κ2) is 35.7. The molecule has 0 aromatic heterocycles. The third-order valence-corrected chi connectivity index (χ3v) is 9.35. The van der Waals surface area contributed by atoms with Gasteiger partial charge in [-0.15, -0.1) is 0 Å². The standard InChI is InChI=1S/C40H72NO10P/c1-3-5-7-9-11-13-15-17-18-20-22-24-26-28-30-32-39(43)51-36(34-49-52(46,47)50-35-37(41)40(44)45)33-48-38(42)31-29-27-25-23-21-19-16-14-12-10-8-6-4-2/h5,7,11,13,17-18,36-37H,3-4,6,8-10,12,14-16,19-35,41H2,1-2H3,(H,44,45)(H,46,47). The third-order valence-electron chi connectivity index (χ3n) is 8.40.